The van der Waals surface area contributed by atoms with Gasteiger partial charge >= 0.3 is 5.97 Å². The van der Waals surface area contributed by atoms with Crippen LogP contribution in [-0.4, -0.2) is 18.5 Å². The Hall–Kier alpha value is -0.880. The Bertz CT molecular complexity index is 504. The number of esters is 1. The van der Waals surface area contributed by atoms with Crippen LogP contribution in [0.4, 0.5) is 5.69 Å². The molecule has 0 atom stereocenters. The highest BCUT2D eigenvalue weighted by Gasteiger charge is 2.31. The van der Waals surface area contributed by atoms with E-state index in [4.69, 9.17) is 4.74 Å². The molecule has 0 aliphatic heterocycles. The lowest BCUT2D eigenvalue weighted by molar-refractivity contribution is -0.148. The van der Waals surface area contributed by atoms with Crippen molar-refractivity contribution in [2.75, 3.05) is 11.9 Å². The molecule has 6 heteroatoms. The summed E-state index contributed by atoms with van der Waals surface area (Å²) >= 11 is 6.77. The van der Waals surface area contributed by atoms with Gasteiger partial charge in [-0.15, -0.1) is 0 Å². The minimum atomic E-state index is -0.348. The zero-order valence-corrected chi connectivity index (χ0v) is 13.5. The number of halogens is 2. The summed E-state index contributed by atoms with van der Waals surface area (Å²) in [6.07, 6.45) is 1.74. The first kappa shape index (κ1) is 14.5. The first-order valence-electron chi connectivity index (χ1n) is 5.89. The average molecular weight is 391 g/mol. The second-order valence-electron chi connectivity index (χ2n) is 4.53. The van der Waals surface area contributed by atoms with Gasteiger partial charge in [0.15, 0.2) is 6.61 Å². The summed E-state index contributed by atoms with van der Waals surface area (Å²) in [7, 11) is 0. The topological polar surface area (TPSA) is 55.4 Å². The molecule has 1 aliphatic carbocycles. The molecule has 102 valence electrons. The van der Waals surface area contributed by atoms with E-state index in [9.17, 15) is 9.59 Å². The molecule has 1 amide bonds. The molecule has 1 N–H and O–H groups in total. The van der Waals surface area contributed by atoms with Gasteiger partial charge in [-0.3, -0.25) is 9.59 Å². The fourth-order valence-electron chi connectivity index (χ4n) is 1.57. The van der Waals surface area contributed by atoms with Crippen LogP contribution in [0.3, 0.4) is 0 Å². The minimum Gasteiger partial charge on any atom is -0.455 e. The first-order chi connectivity index (χ1) is 8.97. The number of anilines is 1. The first-order valence-corrected chi connectivity index (χ1v) is 7.48. The van der Waals surface area contributed by atoms with E-state index in [1.54, 1.807) is 0 Å². The van der Waals surface area contributed by atoms with Crippen LogP contribution >= 0.6 is 31.9 Å². The van der Waals surface area contributed by atoms with E-state index in [0.29, 0.717) is 5.69 Å². The number of ether oxygens (including phenoxy) is 1. The standard InChI is InChI=1S/C13H13Br2NO3/c1-7-4-9(14)12(10(15)5-7)16-11(17)6-19-13(18)8-2-3-8/h4-5,8H,2-3,6H2,1H3,(H,16,17). The van der Waals surface area contributed by atoms with Gasteiger partial charge in [-0.2, -0.15) is 0 Å². The molecule has 0 aromatic heterocycles. The smallest absolute Gasteiger partial charge is 0.309 e. The number of carbonyl (C=O) groups excluding carboxylic acids is 2. The van der Waals surface area contributed by atoms with Crippen LogP contribution in [0.15, 0.2) is 21.1 Å². The molecule has 19 heavy (non-hydrogen) atoms. The molecule has 0 bridgehead atoms. The van der Waals surface area contributed by atoms with Crippen molar-refractivity contribution in [3.8, 4) is 0 Å². The van der Waals surface area contributed by atoms with Gasteiger partial charge in [-0.25, -0.2) is 0 Å². The predicted octanol–water partition coefficient (Wildman–Crippen LogP) is 3.41. The van der Waals surface area contributed by atoms with Crippen molar-refractivity contribution < 1.29 is 14.3 Å². The van der Waals surface area contributed by atoms with E-state index < -0.39 is 0 Å². The Kier molecular flexibility index (Phi) is 4.62. The molecule has 0 radical (unpaired) electrons. The lowest BCUT2D eigenvalue weighted by Crippen LogP contribution is -2.21. The molecule has 1 saturated carbocycles. The third-order valence-corrected chi connectivity index (χ3v) is 3.96. The Morgan fingerprint density at radius 1 is 1.32 bits per heavy atom. The lowest BCUT2D eigenvalue weighted by atomic mass is 10.2. The van der Waals surface area contributed by atoms with E-state index in [2.05, 4.69) is 37.2 Å². The van der Waals surface area contributed by atoms with Crippen LogP contribution in [0.2, 0.25) is 0 Å². The molecule has 4 nitrogen and oxygen atoms in total. The van der Waals surface area contributed by atoms with Crippen LogP contribution < -0.4 is 5.32 Å². The largest absolute Gasteiger partial charge is 0.455 e. The molecular formula is C13H13Br2NO3. The van der Waals surface area contributed by atoms with Crippen molar-refractivity contribution in [3.05, 3.63) is 26.6 Å². The molecular weight excluding hydrogens is 378 g/mol. The maximum Gasteiger partial charge on any atom is 0.309 e. The molecule has 2 rings (SSSR count). The van der Waals surface area contributed by atoms with E-state index in [1.165, 1.54) is 0 Å². The van der Waals surface area contributed by atoms with E-state index in [1.807, 2.05) is 19.1 Å². The van der Waals surface area contributed by atoms with E-state index in [0.717, 1.165) is 27.4 Å². The highest BCUT2D eigenvalue weighted by Crippen LogP contribution is 2.32. The van der Waals surface area contributed by atoms with Gasteiger partial charge in [0.25, 0.3) is 5.91 Å². The summed E-state index contributed by atoms with van der Waals surface area (Å²) in [5, 5.41) is 2.71. The van der Waals surface area contributed by atoms with Crippen LogP contribution in [0.5, 0.6) is 0 Å². The van der Waals surface area contributed by atoms with E-state index >= 15 is 0 Å². The molecule has 0 heterocycles. The Labute approximate surface area is 128 Å². The zero-order valence-electron chi connectivity index (χ0n) is 10.3. The van der Waals surface area contributed by atoms with Crippen molar-refractivity contribution in [2.45, 2.75) is 19.8 Å². The third-order valence-electron chi connectivity index (χ3n) is 2.71. The monoisotopic (exact) mass is 389 g/mol. The van der Waals surface area contributed by atoms with Gasteiger partial charge in [0.1, 0.15) is 0 Å². The number of benzene rings is 1. The summed E-state index contributed by atoms with van der Waals surface area (Å²) < 4.78 is 6.48. The Morgan fingerprint density at radius 3 is 2.42 bits per heavy atom. The molecule has 1 aromatic carbocycles. The zero-order chi connectivity index (χ0) is 14.0. The quantitative estimate of drug-likeness (QED) is 0.801. The van der Waals surface area contributed by atoms with Gasteiger partial charge in [-0.1, -0.05) is 0 Å². The fraction of sp³-hybridized carbons (Fsp3) is 0.385. The highest BCUT2D eigenvalue weighted by molar-refractivity contribution is 9.11. The van der Waals surface area contributed by atoms with Crippen LogP contribution in [-0.2, 0) is 14.3 Å². The molecule has 0 saturated heterocycles. The lowest BCUT2D eigenvalue weighted by Gasteiger charge is -2.11. The molecule has 1 aliphatic rings. The minimum absolute atomic E-state index is 0.00523. The van der Waals surface area contributed by atoms with Crippen molar-refractivity contribution in [1.29, 1.82) is 0 Å². The van der Waals surface area contributed by atoms with Crippen molar-refractivity contribution in [3.63, 3.8) is 0 Å². The second kappa shape index (κ2) is 6.05. The van der Waals surface area contributed by atoms with Gasteiger partial charge < -0.3 is 10.1 Å². The predicted molar refractivity (Wildman–Crippen MR) is 78.9 cm³/mol. The number of hydrogen-bond donors (Lipinski definition) is 1. The van der Waals surface area contributed by atoms with Gasteiger partial charge in [0, 0.05) is 8.95 Å². The number of hydrogen-bond acceptors (Lipinski definition) is 3. The van der Waals surface area contributed by atoms with Crippen LogP contribution in [0, 0.1) is 12.8 Å². The summed E-state index contributed by atoms with van der Waals surface area (Å²) in [5.74, 6) is -0.623. The van der Waals surface area contributed by atoms with Crippen molar-refractivity contribution in [2.24, 2.45) is 5.92 Å². The van der Waals surface area contributed by atoms with Gasteiger partial charge in [0.2, 0.25) is 0 Å². The number of carbonyl (C=O) groups is 2. The third kappa shape index (κ3) is 4.04. The fourth-order valence-corrected chi connectivity index (χ4v) is 3.18. The van der Waals surface area contributed by atoms with Crippen LogP contribution in [0.1, 0.15) is 18.4 Å². The molecule has 1 aromatic rings. The second-order valence-corrected chi connectivity index (χ2v) is 6.24. The Morgan fingerprint density at radius 2 is 1.89 bits per heavy atom. The number of rotatable bonds is 4. The maximum atomic E-state index is 11.7. The highest BCUT2D eigenvalue weighted by atomic mass is 79.9. The molecule has 0 unspecified atom stereocenters. The van der Waals surface area contributed by atoms with Gasteiger partial charge in [0.05, 0.1) is 11.6 Å². The van der Waals surface area contributed by atoms with Gasteiger partial charge in [-0.05, 0) is 69.3 Å². The summed E-state index contributed by atoms with van der Waals surface area (Å²) in [6.45, 7) is 1.71. The normalized spacial score (nSPS) is 14.1. The number of nitrogens with one attached hydrogen (secondary N) is 1. The van der Waals surface area contributed by atoms with Crippen molar-refractivity contribution >= 4 is 49.4 Å². The average Bonchev–Trinajstić information content (AvgIpc) is 3.14. The summed E-state index contributed by atoms with van der Waals surface area (Å²) in [6, 6.07) is 3.80. The van der Waals surface area contributed by atoms with Crippen molar-refractivity contribution in [1.82, 2.24) is 0 Å². The summed E-state index contributed by atoms with van der Waals surface area (Å²) in [4.78, 5) is 23.0. The maximum absolute atomic E-state index is 11.7. The number of aryl methyl sites for hydroxylation is 1. The SMILES string of the molecule is Cc1cc(Br)c(NC(=O)COC(=O)C2CC2)c(Br)c1. The summed E-state index contributed by atoms with van der Waals surface area (Å²) in [5.41, 5.74) is 1.70. The number of amides is 1. The van der Waals surface area contributed by atoms with E-state index in [-0.39, 0.29) is 24.4 Å². The molecule has 1 fully saturated rings. The molecule has 0 spiro atoms. The Balaban J connectivity index is 1.93. The van der Waals surface area contributed by atoms with Crippen LogP contribution in [0.25, 0.3) is 0 Å².